The van der Waals surface area contributed by atoms with Gasteiger partial charge in [-0.3, -0.25) is 9.52 Å². The number of anilines is 2. The van der Waals surface area contributed by atoms with Crippen LogP contribution in [-0.4, -0.2) is 34.0 Å². The van der Waals surface area contributed by atoms with E-state index in [1.165, 1.54) is 19.2 Å². The third-order valence-electron chi connectivity index (χ3n) is 5.77. The highest BCUT2D eigenvalue weighted by Gasteiger charge is 2.25. The van der Waals surface area contributed by atoms with Crippen LogP contribution in [0.3, 0.4) is 0 Å². The predicted molar refractivity (Wildman–Crippen MR) is 154 cm³/mol. The van der Waals surface area contributed by atoms with Crippen molar-refractivity contribution >= 4 is 55.5 Å². The van der Waals surface area contributed by atoms with E-state index in [9.17, 15) is 18.0 Å². The smallest absolute Gasteiger partial charge is 0.341 e. The molecule has 0 aliphatic carbocycles. The number of benzene rings is 3. The van der Waals surface area contributed by atoms with Crippen molar-refractivity contribution in [2.75, 3.05) is 23.8 Å². The Bertz CT molecular complexity index is 1630. The van der Waals surface area contributed by atoms with Crippen molar-refractivity contribution in [2.45, 2.75) is 18.7 Å². The number of halogens is 1. The number of ether oxygens (including phenoxy) is 2. The van der Waals surface area contributed by atoms with Gasteiger partial charge >= 0.3 is 5.97 Å². The minimum atomic E-state index is -4.05. The number of carbonyl (C=O) groups is 2. The lowest BCUT2D eigenvalue weighted by Gasteiger charge is -2.14. The Morgan fingerprint density at radius 3 is 2.44 bits per heavy atom. The molecule has 0 bridgehead atoms. The lowest BCUT2D eigenvalue weighted by atomic mass is 10.0. The number of carbonyl (C=O) groups excluding carboxylic acids is 2. The number of esters is 1. The fraction of sp³-hybridized carbons (Fsp3) is 0.143. The van der Waals surface area contributed by atoms with Crippen molar-refractivity contribution < 1.29 is 27.5 Å². The van der Waals surface area contributed by atoms with Gasteiger partial charge in [0.05, 0.1) is 24.3 Å². The fourth-order valence-corrected chi connectivity index (χ4v) is 5.99. The Balaban J connectivity index is 1.67. The topological polar surface area (TPSA) is 111 Å². The number of hydrogen-bond acceptors (Lipinski definition) is 7. The highest BCUT2D eigenvalue weighted by Crippen LogP contribution is 2.37. The van der Waals surface area contributed by atoms with Crippen molar-refractivity contribution in [3.63, 3.8) is 0 Å². The van der Waals surface area contributed by atoms with E-state index in [1.807, 2.05) is 0 Å². The summed E-state index contributed by atoms with van der Waals surface area (Å²) >= 11 is 7.18. The van der Waals surface area contributed by atoms with E-state index in [4.69, 9.17) is 21.1 Å². The van der Waals surface area contributed by atoms with E-state index < -0.39 is 21.9 Å². The molecule has 11 heteroatoms. The first-order chi connectivity index (χ1) is 18.6. The third-order valence-corrected chi connectivity index (χ3v) is 8.28. The Hall–Kier alpha value is -3.86. The van der Waals surface area contributed by atoms with E-state index in [0.717, 1.165) is 16.9 Å². The van der Waals surface area contributed by atoms with Gasteiger partial charge in [-0.2, -0.15) is 0 Å². The van der Waals surface area contributed by atoms with Crippen LogP contribution in [0.5, 0.6) is 5.75 Å². The van der Waals surface area contributed by atoms with Crippen LogP contribution in [0.4, 0.5) is 10.7 Å². The second-order valence-corrected chi connectivity index (χ2v) is 11.3. The summed E-state index contributed by atoms with van der Waals surface area (Å²) in [6.07, 6.45) is 0. The lowest BCUT2D eigenvalue weighted by Crippen LogP contribution is -2.18. The van der Waals surface area contributed by atoms with Crippen LogP contribution in [0, 0.1) is 6.92 Å². The summed E-state index contributed by atoms with van der Waals surface area (Å²) in [5, 5.41) is 5.35. The molecule has 39 heavy (non-hydrogen) atoms. The first-order valence-corrected chi connectivity index (χ1v) is 14.5. The van der Waals surface area contributed by atoms with Crippen LogP contribution in [0.15, 0.2) is 77.0 Å². The summed E-state index contributed by atoms with van der Waals surface area (Å²) in [4.78, 5) is 26.2. The SMILES string of the molecule is CCOC(=O)c1c(-c2ccc(Cl)cc2)csc1NC(=O)c1cc(S(=O)(=O)Nc2ccccc2OC)ccc1C. The first kappa shape index (κ1) is 28.2. The van der Waals surface area contributed by atoms with Gasteiger partial charge in [0.1, 0.15) is 16.3 Å². The molecule has 2 N–H and O–H groups in total. The molecule has 0 radical (unpaired) electrons. The van der Waals surface area contributed by atoms with Gasteiger partial charge in [0, 0.05) is 21.5 Å². The highest BCUT2D eigenvalue weighted by molar-refractivity contribution is 7.92. The average molecular weight is 585 g/mol. The Morgan fingerprint density at radius 1 is 1.03 bits per heavy atom. The maximum Gasteiger partial charge on any atom is 0.341 e. The van der Waals surface area contributed by atoms with Crippen molar-refractivity contribution in [3.05, 3.63) is 93.8 Å². The molecule has 202 valence electrons. The molecular formula is C28H25ClN2O6S2. The maximum absolute atomic E-state index is 13.4. The van der Waals surface area contributed by atoms with Crippen molar-refractivity contribution in [1.29, 1.82) is 0 Å². The van der Waals surface area contributed by atoms with Crippen molar-refractivity contribution in [3.8, 4) is 16.9 Å². The summed E-state index contributed by atoms with van der Waals surface area (Å²) < 4.78 is 39.3. The molecule has 0 fully saturated rings. The van der Waals surface area contributed by atoms with Gasteiger partial charge < -0.3 is 14.8 Å². The quantitative estimate of drug-likeness (QED) is 0.214. The molecule has 0 unspecified atom stereocenters. The number of thiophene rings is 1. The molecule has 4 aromatic rings. The molecule has 0 saturated heterocycles. The van der Waals surface area contributed by atoms with Gasteiger partial charge in [-0.25, -0.2) is 13.2 Å². The molecule has 0 spiro atoms. The van der Waals surface area contributed by atoms with Gasteiger partial charge in [-0.05, 0) is 61.4 Å². The van der Waals surface area contributed by atoms with Crippen LogP contribution >= 0.6 is 22.9 Å². The van der Waals surface area contributed by atoms with E-state index in [2.05, 4.69) is 10.0 Å². The van der Waals surface area contributed by atoms with E-state index in [0.29, 0.717) is 21.9 Å². The van der Waals surface area contributed by atoms with Gasteiger partial charge in [-0.1, -0.05) is 41.9 Å². The maximum atomic E-state index is 13.4. The van der Waals surface area contributed by atoms with E-state index in [-0.39, 0.29) is 33.3 Å². The molecular weight excluding hydrogens is 560 g/mol. The second kappa shape index (κ2) is 11.9. The molecule has 0 saturated carbocycles. The fourth-order valence-electron chi connectivity index (χ4n) is 3.81. The predicted octanol–water partition coefficient (Wildman–Crippen LogP) is 6.62. The molecule has 1 heterocycles. The van der Waals surface area contributed by atoms with E-state index >= 15 is 0 Å². The van der Waals surface area contributed by atoms with Crippen molar-refractivity contribution in [2.24, 2.45) is 0 Å². The minimum absolute atomic E-state index is 0.109. The van der Waals surface area contributed by atoms with Gasteiger partial charge in [0.2, 0.25) is 0 Å². The molecule has 0 aliphatic rings. The van der Waals surface area contributed by atoms with Crippen LogP contribution in [0.2, 0.25) is 5.02 Å². The first-order valence-electron chi connectivity index (χ1n) is 11.8. The van der Waals surface area contributed by atoms with Crippen LogP contribution in [0.1, 0.15) is 33.2 Å². The minimum Gasteiger partial charge on any atom is -0.495 e. The van der Waals surface area contributed by atoms with E-state index in [1.54, 1.807) is 73.8 Å². The number of hydrogen-bond donors (Lipinski definition) is 2. The van der Waals surface area contributed by atoms with Gasteiger partial charge in [0.15, 0.2) is 0 Å². The average Bonchev–Trinajstić information content (AvgIpc) is 3.33. The standard InChI is InChI=1S/C28H25ClN2O6S2/c1-4-37-28(33)25-22(18-10-12-19(29)13-11-18)16-38-27(25)30-26(32)21-15-20(14-9-17(21)2)39(34,35)31-23-7-5-6-8-24(23)36-3/h5-16,31H,4H2,1-3H3,(H,30,32). The number of aryl methyl sites for hydroxylation is 1. The molecule has 1 aromatic heterocycles. The Kier molecular flexibility index (Phi) is 8.59. The number of para-hydroxylation sites is 2. The summed E-state index contributed by atoms with van der Waals surface area (Å²) in [6.45, 7) is 3.54. The third kappa shape index (κ3) is 6.25. The van der Waals surface area contributed by atoms with Gasteiger partial charge in [0.25, 0.3) is 15.9 Å². The van der Waals surface area contributed by atoms with Crippen LogP contribution in [-0.2, 0) is 14.8 Å². The monoisotopic (exact) mass is 584 g/mol. The Labute approximate surface area is 235 Å². The number of rotatable bonds is 9. The summed E-state index contributed by atoms with van der Waals surface area (Å²) in [6, 6.07) is 17.8. The highest BCUT2D eigenvalue weighted by atomic mass is 35.5. The number of sulfonamides is 1. The lowest BCUT2D eigenvalue weighted by molar-refractivity contribution is 0.0529. The van der Waals surface area contributed by atoms with Crippen molar-refractivity contribution in [1.82, 2.24) is 0 Å². The summed E-state index contributed by atoms with van der Waals surface area (Å²) in [7, 11) is -2.61. The Morgan fingerprint density at radius 2 is 1.74 bits per heavy atom. The second-order valence-electron chi connectivity index (χ2n) is 8.32. The van der Waals surface area contributed by atoms with Gasteiger partial charge in [-0.15, -0.1) is 11.3 Å². The van der Waals surface area contributed by atoms with Crippen LogP contribution in [0.25, 0.3) is 11.1 Å². The molecule has 3 aromatic carbocycles. The summed E-state index contributed by atoms with van der Waals surface area (Å²) in [5.74, 6) is -0.809. The van der Waals surface area contributed by atoms with Crippen LogP contribution < -0.4 is 14.8 Å². The largest absolute Gasteiger partial charge is 0.495 e. The summed E-state index contributed by atoms with van der Waals surface area (Å²) in [5.41, 5.74) is 2.46. The molecule has 0 aliphatic heterocycles. The zero-order chi connectivity index (χ0) is 28.2. The normalized spacial score (nSPS) is 11.1. The number of nitrogens with one attached hydrogen (secondary N) is 2. The number of methoxy groups -OCH3 is 1. The molecule has 4 rings (SSSR count). The zero-order valence-corrected chi connectivity index (χ0v) is 23.7. The number of amides is 1. The zero-order valence-electron chi connectivity index (χ0n) is 21.3. The molecule has 8 nitrogen and oxygen atoms in total. The molecule has 1 amide bonds. The molecule has 0 atom stereocenters.